The molecule has 0 radical (unpaired) electrons. The number of anilines is 3. The molecule has 42 heavy (non-hydrogen) atoms. The number of para-hydroxylation sites is 1. The predicted molar refractivity (Wildman–Crippen MR) is 163 cm³/mol. The number of nitrogens with zero attached hydrogens (tertiary/aromatic N) is 4. The summed E-state index contributed by atoms with van der Waals surface area (Å²) in [6, 6.07) is 23.8. The van der Waals surface area contributed by atoms with Crippen molar-refractivity contribution in [2.45, 2.75) is 26.2 Å². The molecule has 210 valence electrons. The molecule has 3 heterocycles. The fourth-order valence-electron chi connectivity index (χ4n) is 4.52. The molecule has 5 N–H and O–H groups in total. The van der Waals surface area contributed by atoms with Crippen LogP contribution in [0.25, 0.3) is 27.6 Å². The maximum atomic E-state index is 13.3. The number of aromatic amines is 1. The molecule has 6 rings (SSSR count). The molecular formula is C31H28N8O3. The zero-order chi connectivity index (χ0) is 29.4. The first-order chi connectivity index (χ1) is 20.2. The maximum absolute atomic E-state index is 13.3. The maximum Gasteiger partial charge on any atom is 0.324 e. The van der Waals surface area contributed by atoms with Crippen molar-refractivity contribution in [1.29, 1.82) is 0 Å². The van der Waals surface area contributed by atoms with Gasteiger partial charge in [-0.15, -0.1) is 0 Å². The quantitative estimate of drug-likeness (QED) is 0.202. The van der Waals surface area contributed by atoms with Gasteiger partial charge in [0.05, 0.1) is 17.1 Å². The van der Waals surface area contributed by atoms with E-state index in [1.54, 1.807) is 22.9 Å². The molecule has 0 saturated carbocycles. The van der Waals surface area contributed by atoms with Gasteiger partial charge in [0, 0.05) is 34.5 Å². The molecule has 11 nitrogen and oxygen atoms in total. The van der Waals surface area contributed by atoms with Crippen LogP contribution in [-0.4, -0.2) is 30.8 Å². The van der Waals surface area contributed by atoms with Crippen LogP contribution < -0.4 is 26.7 Å². The Morgan fingerprint density at radius 2 is 1.67 bits per heavy atom. The lowest BCUT2D eigenvalue weighted by Crippen LogP contribution is -2.21. The number of hydrogen-bond donors (Lipinski definition) is 4. The van der Waals surface area contributed by atoms with E-state index in [1.165, 1.54) is 6.20 Å². The van der Waals surface area contributed by atoms with Crippen LogP contribution in [0.2, 0.25) is 0 Å². The average molecular weight is 561 g/mol. The summed E-state index contributed by atoms with van der Waals surface area (Å²) < 4.78 is 7.96. The summed E-state index contributed by atoms with van der Waals surface area (Å²) in [6.07, 6.45) is 1.51. The van der Waals surface area contributed by atoms with E-state index >= 15 is 0 Å². The number of nitrogens with one attached hydrogen (secondary N) is 3. The number of pyridine rings is 1. The van der Waals surface area contributed by atoms with Gasteiger partial charge >= 0.3 is 6.03 Å². The van der Waals surface area contributed by atoms with Crippen molar-refractivity contribution in [3.05, 3.63) is 101 Å². The number of H-pyrrole nitrogens is 1. The van der Waals surface area contributed by atoms with E-state index in [2.05, 4.69) is 46.4 Å². The summed E-state index contributed by atoms with van der Waals surface area (Å²) in [6.45, 7) is 6.22. The highest BCUT2D eigenvalue weighted by atomic mass is 16.5. The van der Waals surface area contributed by atoms with Crippen molar-refractivity contribution in [1.82, 2.24) is 24.7 Å². The number of carbonyl (C=O) groups excluding carboxylic acids is 1. The Bertz CT molecular complexity index is 2010. The number of amides is 2. The highest BCUT2D eigenvalue weighted by Crippen LogP contribution is 2.36. The standard InChI is InChI=1S/C31H28N8O3/c1-31(2,3)24-17-25(39(38-24)18-9-5-4-6-10-18)35-30(41)34-21-13-14-22(20-12-8-7-11-19(20)21)42-23-15-16-33-28-26(23)36-27(32)29(40)37-28/h4-17H,1-3H3,(H2,32,36)(H,33,37,40)(H2,34,35,41). The van der Waals surface area contributed by atoms with Gasteiger partial charge in [-0.2, -0.15) is 5.10 Å². The van der Waals surface area contributed by atoms with Gasteiger partial charge < -0.3 is 20.8 Å². The summed E-state index contributed by atoms with van der Waals surface area (Å²) in [7, 11) is 0. The van der Waals surface area contributed by atoms with Crippen molar-refractivity contribution in [3.8, 4) is 17.2 Å². The lowest BCUT2D eigenvalue weighted by Gasteiger charge is -2.15. The van der Waals surface area contributed by atoms with Gasteiger partial charge in [0.15, 0.2) is 22.7 Å². The van der Waals surface area contributed by atoms with Crippen LogP contribution in [0.3, 0.4) is 0 Å². The highest BCUT2D eigenvalue weighted by Gasteiger charge is 2.22. The number of rotatable bonds is 5. The predicted octanol–water partition coefficient (Wildman–Crippen LogP) is 5.97. The van der Waals surface area contributed by atoms with E-state index in [4.69, 9.17) is 15.6 Å². The topological polar surface area (TPSA) is 153 Å². The molecule has 0 saturated heterocycles. The second-order valence-corrected chi connectivity index (χ2v) is 10.7. The minimum atomic E-state index is -0.521. The molecule has 0 atom stereocenters. The number of nitrogen functional groups attached to an aromatic ring is 1. The third kappa shape index (κ3) is 5.10. The monoisotopic (exact) mass is 560 g/mol. The molecule has 0 aliphatic carbocycles. The second-order valence-electron chi connectivity index (χ2n) is 10.7. The molecular weight excluding hydrogens is 532 g/mol. The molecule has 0 aliphatic heterocycles. The molecule has 3 aromatic carbocycles. The summed E-state index contributed by atoms with van der Waals surface area (Å²) in [5.41, 5.74) is 7.85. The van der Waals surface area contributed by atoms with Gasteiger partial charge in [-0.25, -0.2) is 19.4 Å². The third-order valence-electron chi connectivity index (χ3n) is 6.66. The zero-order valence-electron chi connectivity index (χ0n) is 23.2. The Morgan fingerprint density at radius 3 is 2.43 bits per heavy atom. The SMILES string of the molecule is CC(C)(C)c1cc(NC(=O)Nc2ccc(Oc3ccnc4[nH]c(=O)c(N)nc34)c3ccccc23)n(-c2ccccc2)n1. The Morgan fingerprint density at radius 1 is 0.929 bits per heavy atom. The Labute approximate surface area is 240 Å². The van der Waals surface area contributed by atoms with Gasteiger partial charge in [0.25, 0.3) is 5.56 Å². The largest absolute Gasteiger partial charge is 0.454 e. The van der Waals surface area contributed by atoms with Gasteiger partial charge in [-0.1, -0.05) is 63.2 Å². The number of urea groups is 1. The molecule has 0 bridgehead atoms. The first kappa shape index (κ1) is 26.5. The van der Waals surface area contributed by atoms with Crippen LogP contribution in [0.1, 0.15) is 26.5 Å². The fourth-order valence-corrected chi connectivity index (χ4v) is 4.52. The minimum absolute atomic E-state index is 0.181. The van der Waals surface area contributed by atoms with Crippen molar-refractivity contribution < 1.29 is 9.53 Å². The van der Waals surface area contributed by atoms with Crippen LogP contribution >= 0.6 is 0 Å². The number of fused-ring (bicyclic) bond motifs is 2. The van der Waals surface area contributed by atoms with E-state index in [9.17, 15) is 9.59 Å². The van der Waals surface area contributed by atoms with E-state index in [0.717, 1.165) is 22.2 Å². The van der Waals surface area contributed by atoms with Crippen LogP contribution in [0, 0.1) is 0 Å². The average Bonchev–Trinajstić information content (AvgIpc) is 3.40. The van der Waals surface area contributed by atoms with Crippen molar-refractivity contribution >= 4 is 45.3 Å². The Kier molecular flexibility index (Phi) is 6.54. The van der Waals surface area contributed by atoms with E-state index in [1.807, 2.05) is 60.7 Å². The Hall–Kier alpha value is -5.71. The lowest BCUT2D eigenvalue weighted by atomic mass is 9.92. The van der Waals surface area contributed by atoms with Crippen LogP contribution in [0.4, 0.5) is 22.1 Å². The number of benzene rings is 3. The summed E-state index contributed by atoms with van der Waals surface area (Å²) >= 11 is 0. The first-order valence-electron chi connectivity index (χ1n) is 13.3. The molecule has 6 aromatic rings. The molecule has 0 unspecified atom stereocenters. The zero-order valence-corrected chi connectivity index (χ0v) is 23.2. The normalized spacial score (nSPS) is 11.5. The number of carbonyl (C=O) groups is 1. The summed E-state index contributed by atoms with van der Waals surface area (Å²) in [5, 5.41) is 12.2. The van der Waals surface area contributed by atoms with Crippen molar-refractivity contribution in [2.75, 3.05) is 16.4 Å². The number of ether oxygens (including phenoxy) is 1. The molecule has 2 amide bonds. The highest BCUT2D eigenvalue weighted by molar-refractivity contribution is 6.07. The van der Waals surface area contributed by atoms with Gasteiger partial charge in [0.2, 0.25) is 0 Å². The minimum Gasteiger partial charge on any atom is -0.454 e. The van der Waals surface area contributed by atoms with E-state index < -0.39 is 11.6 Å². The van der Waals surface area contributed by atoms with Crippen molar-refractivity contribution in [3.63, 3.8) is 0 Å². The molecule has 3 aromatic heterocycles. The van der Waals surface area contributed by atoms with Crippen molar-refractivity contribution in [2.24, 2.45) is 0 Å². The number of aromatic nitrogens is 5. The molecule has 0 spiro atoms. The Balaban J connectivity index is 1.31. The molecule has 0 fully saturated rings. The lowest BCUT2D eigenvalue weighted by molar-refractivity contribution is 0.262. The van der Waals surface area contributed by atoms with Gasteiger partial charge in [0.1, 0.15) is 11.6 Å². The molecule has 11 heteroatoms. The summed E-state index contributed by atoms with van der Waals surface area (Å²) in [5.74, 6) is 1.25. The van der Waals surface area contributed by atoms with E-state index in [0.29, 0.717) is 28.5 Å². The van der Waals surface area contributed by atoms with Crippen LogP contribution in [0.15, 0.2) is 89.9 Å². The fraction of sp³-hybridized carbons (Fsp3) is 0.129. The summed E-state index contributed by atoms with van der Waals surface area (Å²) in [4.78, 5) is 36.1. The van der Waals surface area contributed by atoms with Gasteiger partial charge in [-0.05, 0) is 24.3 Å². The number of hydrogen-bond acceptors (Lipinski definition) is 7. The van der Waals surface area contributed by atoms with Gasteiger partial charge in [-0.3, -0.25) is 10.1 Å². The van der Waals surface area contributed by atoms with Crippen LogP contribution in [0.5, 0.6) is 11.5 Å². The second kappa shape index (κ2) is 10.4. The van der Waals surface area contributed by atoms with Crippen LogP contribution in [-0.2, 0) is 5.41 Å². The molecule has 0 aliphatic rings. The number of nitrogens with two attached hydrogens (primary N) is 1. The first-order valence-corrected chi connectivity index (χ1v) is 13.3. The smallest absolute Gasteiger partial charge is 0.324 e. The van der Waals surface area contributed by atoms with E-state index in [-0.39, 0.29) is 16.9 Å². The third-order valence-corrected chi connectivity index (χ3v) is 6.66.